The van der Waals surface area contributed by atoms with Crippen LogP contribution in [0, 0.1) is 12.7 Å². The molecule has 1 aliphatic rings. The first-order valence-corrected chi connectivity index (χ1v) is 10.5. The normalized spacial score (nSPS) is 13.6. The molecule has 0 amide bonds. The van der Waals surface area contributed by atoms with E-state index in [0.717, 1.165) is 34.8 Å². The van der Waals surface area contributed by atoms with Crippen molar-refractivity contribution in [1.29, 1.82) is 0 Å². The second kappa shape index (κ2) is 6.44. The molecule has 0 aliphatic carbocycles. The van der Waals surface area contributed by atoms with Crippen LogP contribution in [0.4, 0.5) is 10.1 Å². The Labute approximate surface area is 155 Å². The van der Waals surface area contributed by atoms with Crippen molar-refractivity contribution in [2.75, 3.05) is 10.5 Å². The molecule has 134 valence electrons. The fourth-order valence-electron chi connectivity index (χ4n) is 2.76. The van der Waals surface area contributed by atoms with Gasteiger partial charge >= 0.3 is 0 Å². The Morgan fingerprint density at radius 2 is 1.96 bits per heavy atom. The maximum absolute atomic E-state index is 13.4. The molecule has 5 nitrogen and oxygen atoms in total. The molecule has 1 aliphatic heterocycles. The van der Waals surface area contributed by atoms with E-state index < -0.39 is 15.8 Å². The number of aryl methyl sites for hydroxylation is 2. The van der Waals surface area contributed by atoms with Crippen LogP contribution in [0.15, 0.2) is 58.7 Å². The number of anilines is 1. The molecule has 2 heterocycles. The highest BCUT2D eigenvalue weighted by atomic mass is 32.2. The minimum Gasteiger partial charge on any atom is -0.325 e. The molecule has 0 saturated heterocycles. The summed E-state index contributed by atoms with van der Waals surface area (Å²) in [7, 11) is -3.77. The fraction of sp³-hybridized carbons (Fsp3) is 0.167. The van der Waals surface area contributed by atoms with E-state index in [9.17, 15) is 12.8 Å². The molecule has 0 radical (unpaired) electrons. The minimum absolute atomic E-state index is 0.0306. The zero-order valence-corrected chi connectivity index (χ0v) is 15.6. The van der Waals surface area contributed by atoms with Gasteiger partial charge in [-0.3, -0.25) is 4.72 Å². The molecule has 0 atom stereocenters. The smallest absolute Gasteiger partial charge is 0.261 e. The van der Waals surface area contributed by atoms with Crippen molar-refractivity contribution in [2.24, 2.45) is 0 Å². The van der Waals surface area contributed by atoms with Crippen LogP contribution < -0.4 is 4.72 Å². The van der Waals surface area contributed by atoms with Crippen molar-refractivity contribution in [3.63, 3.8) is 0 Å². The van der Waals surface area contributed by atoms with E-state index in [2.05, 4.69) is 14.3 Å². The quantitative estimate of drug-likeness (QED) is 0.735. The lowest BCUT2D eigenvalue weighted by Gasteiger charge is -2.09. The van der Waals surface area contributed by atoms with Gasteiger partial charge in [0, 0.05) is 29.7 Å². The van der Waals surface area contributed by atoms with E-state index in [1.807, 2.05) is 18.3 Å². The summed E-state index contributed by atoms with van der Waals surface area (Å²) in [5.74, 6) is 0.616. The highest BCUT2D eigenvalue weighted by Crippen LogP contribution is 2.29. The van der Waals surface area contributed by atoms with E-state index in [-0.39, 0.29) is 10.5 Å². The number of nitrogens with zero attached hydrogens (tertiary/aromatic N) is 2. The van der Waals surface area contributed by atoms with Crippen LogP contribution >= 0.6 is 11.8 Å². The fourth-order valence-corrected chi connectivity index (χ4v) is 4.84. The van der Waals surface area contributed by atoms with Crippen LogP contribution in [0.25, 0.3) is 11.3 Å². The summed E-state index contributed by atoms with van der Waals surface area (Å²) >= 11 is 1.73. The number of sulfonamides is 1. The van der Waals surface area contributed by atoms with Crippen molar-refractivity contribution in [3.8, 4) is 11.3 Å². The molecule has 4 rings (SSSR count). The summed E-state index contributed by atoms with van der Waals surface area (Å²) in [6.45, 7) is 2.49. The number of benzene rings is 2. The van der Waals surface area contributed by atoms with Gasteiger partial charge in [0.1, 0.15) is 5.82 Å². The zero-order chi connectivity index (χ0) is 18.3. The van der Waals surface area contributed by atoms with Gasteiger partial charge in [-0.15, -0.1) is 0 Å². The Balaban J connectivity index is 1.55. The van der Waals surface area contributed by atoms with Crippen LogP contribution in [0.1, 0.15) is 5.56 Å². The summed E-state index contributed by atoms with van der Waals surface area (Å²) in [6.07, 6.45) is 2.01. The van der Waals surface area contributed by atoms with Gasteiger partial charge in [-0.05, 0) is 42.8 Å². The molecule has 0 saturated carbocycles. The minimum atomic E-state index is -3.77. The van der Waals surface area contributed by atoms with Gasteiger partial charge in [0.15, 0.2) is 5.16 Å². The van der Waals surface area contributed by atoms with Gasteiger partial charge in [-0.25, -0.2) is 17.8 Å². The molecule has 1 N–H and O–H groups in total. The van der Waals surface area contributed by atoms with Gasteiger partial charge in [0.05, 0.1) is 10.6 Å². The first-order valence-electron chi connectivity index (χ1n) is 8.02. The topological polar surface area (TPSA) is 64.0 Å². The third-order valence-corrected chi connectivity index (χ3v) is 6.53. The molecule has 3 aromatic rings. The number of rotatable bonds is 4. The van der Waals surface area contributed by atoms with Gasteiger partial charge in [-0.2, -0.15) is 0 Å². The van der Waals surface area contributed by atoms with Gasteiger partial charge in [-0.1, -0.05) is 23.9 Å². The second-order valence-corrected chi connectivity index (χ2v) is 8.79. The maximum Gasteiger partial charge on any atom is 0.261 e. The third-order valence-electron chi connectivity index (χ3n) is 4.18. The van der Waals surface area contributed by atoms with Crippen LogP contribution in [0.5, 0.6) is 0 Å². The SMILES string of the molecule is Cc1cc(S(=O)(=O)Nc2ccc(-c3cn4c(n3)SCC4)cc2)ccc1F. The average Bonchev–Trinajstić information content (AvgIpc) is 3.19. The first-order chi connectivity index (χ1) is 12.4. The molecule has 0 fully saturated rings. The first kappa shape index (κ1) is 17.1. The second-order valence-electron chi connectivity index (χ2n) is 6.04. The molecule has 1 aromatic heterocycles. The molecule has 26 heavy (non-hydrogen) atoms. The van der Waals surface area contributed by atoms with E-state index in [1.54, 1.807) is 23.9 Å². The monoisotopic (exact) mass is 389 g/mol. The zero-order valence-electron chi connectivity index (χ0n) is 13.9. The number of nitrogens with one attached hydrogen (secondary N) is 1. The number of fused-ring (bicyclic) bond motifs is 1. The van der Waals surface area contributed by atoms with Gasteiger partial charge in [0.25, 0.3) is 10.0 Å². The average molecular weight is 389 g/mol. The van der Waals surface area contributed by atoms with Crippen LogP contribution in [0.2, 0.25) is 0 Å². The van der Waals surface area contributed by atoms with Crippen molar-refractivity contribution in [3.05, 3.63) is 60.0 Å². The molecule has 8 heteroatoms. The van der Waals surface area contributed by atoms with E-state index in [1.165, 1.54) is 19.1 Å². The number of halogens is 1. The van der Waals surface area contributed by atoms with E-state index in [0.29, 0.717) is 5.69 Å². The molecule has 2 aromatic carbocycles. The molecule has 0 bridgehead atoms. The van der Waals surface area contributed by atoms with Gasteiger partial charge < -0.3 is 4.57 Å². The Morgan fingerprint density at radius 1 is 1.19 bits per heavy atom. The highest BCUT2D eigenvalue weighted by Gasteiger charge is 2.17. The molecular formula is C18H16FN3O2S2. The Hall–Kier alpha value is -2.32. The number of imidazole rings is 1. The standard InChI is InChI=1S/C18H16FN3O2S2/c1-12-10-15(6-7-16(12)19)26(23,24)21-14-4-2-13(3-5-14)17-11-22-8-9-25-18(22)20-17/h2-7,10-11,21H,8-9H2,1H3. The van der Waals surface area contributed by atoms with Crippen molar-refractivity contribution in [2.45, 2.75) is 23.5 Å². The lowest BCUT2D eigenvalue weighted by atomic mass is 10.1. The van der Waals surface area contributed by atoms with Crippen LogP contribution in [-0.2, 0) is 16.6 Å². The molecule has 0 unspecified atom stereocenters. The Kier molecular flexibility index (Phi) is 4.24. The largest absolute Gasteiger partial charge is 0.325 e. The lowest BCUT2D eigenvalue weighted by Crippen LogP contribution is -2.13. The van der Waals surface area contributed by atoms with Gasteiger partial charge in [0.2, 0.25) is 0 Å². The third kappa shape index (κ3) is 3.22. The molecule has 0 spiro atoms. The number of hydrogen-bond acceptors (Lipinski definition) is 4. The highest BCUT2D eigenvalue weighted by molar-refractivity contribution is 7.99. The number of hydrogen-bond donors (Lipinski definition) is 1. The van der Waals surface area contributed by atoms with Crippen molar-refractivity contribution >= 4 is 27.5 Å². The maximum atomic E-state index is 13.4. The summed E-state index contributed by atoms with van der Waals surface area (Å²) < 4.78 is 42.9. The molecular weight excluding hydrogens is 373 g/mol. The summed E-state index contributed by atoms with van der Waals surface area (Å²) in [6, 6.07) is 10.8. The summed E-state index contributed by atoms with van der Waals surface area (Å²) in [5.41, 5.74) is 2.52. The lowest BCUT2D eigenvalue weighted by molar-refractivity contribution is 0.598. The summed E-state index contributed by atoms with van der Waals surface area (Å²) in [5, 5.41) is 1.01. The van der Waals surface area contributed by atoms with Crippen LogP contribution in [0.3, 0.4) is 0 Å². The number of aromatic nitrogens is 2. The Morgan fingerprint density at radius 3 is 2.65 bits per heavy atom. The summed E-state index contributed by atoms with van der Waals surface area (Å²) in [4.78, 5) is 4.61. The van der Waals surface area contributed by atoms with E-state index >= 15 is 0 Å². The predicted molar refractivity (Wildman–Crippen MR) is 100 cm³/mol. The van der Waals surface area contributed by atoms with Crippen LogP contribution in [-0.4, -0.2) is 23.7 Å². The Bertz CT molecular complexity index is 1050. The van der Waals surface area contributed by atoms with Crippen molar-refractivity contribution < 1.29 is 12.8 Å². The predicted octanol–water partition coefficient (Wildman–Crippen LogP) is 3.90. The van der Waals surface area contributed by atoms with Crippen molar-refractivity contribution in [1.82, 2.24) is 9.55 Å². The number of thioether (sulfide) groups is 1. The van der Waals surface area contributed by atoms with E-state index in [4.69, 9.17) is 0 Å².